The highest BCUT2D eigenvalue weighted by Gasteiger charge is 2.20. The average molecular weight is 199 g/mol. The van der Waals surface area contributed by atoms with Crippen molar-refractivity contribution in [3.05, 3.63) is 0 Å². The smallest absolute Gasteiger partial charge is 0.00154 e. The van der Waals surface area contributed by atoms with Gasteiger partial charge in [0.1, 0.15) is 0 Å². The lowest BCUT2D eigenvalue weighted by molar-refractivity contribution is 0.231. The molecule has 0 saturated carbocycles. The van der Waals surface area contributed by atoms with E-state index >= 15 is 0 Å². The molecule has 0 aliphatic carbocycles. The van der Waals surface area contributed by atoms with Crippen LogP contribution in [-0.2, 0) is 0 Å². The monoisotopic (exact) mass is 199 g/mol. The molecule has 0 fully saturated rings. The standard InChI is InChI=1S/C13H29N/c1-6-9-14-10-13(11(4)5)12(7-2)8-3/h11-14H,6-10H2,1-5H3. The van der Waals surface area contributed by atoms with Crippen LogP contribution in [0.2, 0.25) is 0 Å². The van der Waals surface area contributed by atoms with Crippen molar-refractivity contribution >= 4 is 0 Å². The molecular weight excluding hydrogens is 170 g/mol. The Labute approximate surface area is 90.7 Å². The molecule has 0 saturated heterocycles. The van der Waals surface area contributed by atoms with Crippen LogP contribution in [0.25, 0.3) is 0 Å². The zero-order chi connectivity index (χ0) is 11.0. The van der Waals surface area contributed by atoms with E-state index in [9.17, 15) is 0 Å². The van der Waals surface area contributed by atoms with Crippen molar-refractivity contribution in [2.75, 3.05) is 13.1 Å². The summed E-state index contributed by atoms with van der Waals surface area (Å²) in [5, 5.41) is 3.57. The summed E-state index contributed by atoms with van der Waals surface area (Å²) in [4.78, 5) is 0. The molecule has 0 bridgehead atoms. The number of hydrogen-bond donors (Lipinski definition) is 1. The predicted octanol–water partition coefficient (Wildman–Crippen LogP) is 3.69. The minimum atomic E-state index is 0.809. The third kappa shape index (κ3) is 4.99. The van der Waals surface area contributed by atoms with Crippen LogP contribution in [0.15, 0.2) is 0 Å². The lowest BCUT2D eigenvalue weighted by Crippen LogP contribution is -2.31. The first-order valence-electron chi connectivity index (χ1n) is 6.37. The van der Waals surface area contributed by atoms with Crippen molar-refractivity contribution < 1.29 is 0 Å². The van der Waals surface area contributed by atoms with Crippen molar-refractivity contribution in [1.82, 2.24) is 5.32 Å². The molecule has 0 heterocycles. The Bertz CT molecular complexity index is 116. The normalized spacial score (nSPS) is 13.9. The summed E-state index contributed by atoms with van der Waals surface area (Å²) in [6.45, 7) is 14.0. The Kier molecular flexibility index (Phi) is 8.26. The van der Waals surface area contributed by atoms with Crippen molar-refractivity contribution in [2.24, 2.45) is 17.8 Å². The maximum absolute atomic E-state index is 3.57. The Morgan fingerprint density at radius 1 is 1.00 bits per heavy atom. The second-order valence-corrected chi connectivity index (χ2v) is 4.69. The summed E-state index contributed by atoms with van der Waals surface area (Å²) in [7, 11) is 0. The SMILES string of the molecule is CCCNCC(C(C)C)C(CC)CC. The zero-order valence-electron chi connectivity index (χ0n) is 10.8. The van der Waals surface area contributed by atoms with Crippen molar-refractivity contribution in [3.63, 3.8) is 0 Å². The maximum Gasteiger partial charge on any atom is -0.00154 e. The van der Waals surface area contributed by atoms with Crippen molar-refractivity contribution in [3.8, 4) is 0 Å². The summed E-state index contributed by atoms with van der Waals surface area (Å²) in [5.74, 6) is 2.57. The van der Waals surface area contributed by atoms with Gasteiger partial charge in [-0.05, 0) is 37.3 Å². The summed E-state index contributed by atoms with van der Waals surface area (Å²) in [6, 6.07) is 0. The van der Waals surface area contributed by atoms with E-state index in [4.69, 9.17) is 0 Å². The largest absolute Gasteiger partial charge is 0.316 e. The maximum atomic E-state index is 3.57. The topological polar surface area (TPSA) is 12.0 Å². The minimum absolute atomic E-state index is 0.809. The van der Waals surface area contributed by atoms with E-state index in [1.807, 2.05) is 0 Å². The van der Waals surface area contributed by atoms with Gasteiger partial charge in [-0.15, -0.1) is 0 Å². The molecule has 1 N–H and O–H groups in total. The van der Waals surface area contributed by atoms with Crippen LogP contribution >= 0.6 is 0 Å². The molecule has 0 aromatic carbocycles. The molecular formula is C13H29N. The highest BCUT2D eigenvalue weighted by atomic mass is 14.9. The first-order chi connectivity index (χ1) is 6.67. The summed E-state index contributed by atoms with van der Waals surface area (Å²) in [6.07, 6.45) is 3.90. The molecule has 14 heavy (non-hydrogen) atoms. The molecule has 86 valence electrons. The Morgan fingerprint density at radius 3 is 1.93 bits per heavy atom. The van der Waals surface area contributed by atoms with E-state index < -0.39 is 0 Å². The van der Waals surface area contributed by atoms with Gasteiger partial charge in [0.15, 0.2) is 0 Å². The van der Waals surface area contributed by atoms with Gasteiger partial charge < -0.3 is 5.32 Å². The van der Waals surface area contributed by atoms with Crippen molar-refractivity contribution in [1.29, 1.82) is 0 Å². The molecule has 1 heteroatoms. The van der Waals surface area contributed by atoms with Crippen LogP contribution in [-0.4, -0.2) is 13.1 Å². The molecule has 1 nitrogen and oxygen atoms in total. The summed E-state index contributed by atoms with van der Waals surface area (Å²) >= 11 is 0. The molecule has 1 unspecified atom stereocenters. The van der Waals surface area contributed by atoms with Crippen LogP contribution in [0.1, 0.15) is 53.9 Å². The highest BCUT2D eigenvalue weighted by Crippen LogP contribution is 2.25. The minimum Gasteiger partial charge on any atom is -0.316 e. The highest BCUT2D eigenvalue weighted by molar-refractivity contribution is 4.73. The molecule has 0 rings (SSSR count). The number of nitrogens with one attached hydrogen (secondary N) is 1. The van der Waals surface area contributed by atoms with Gasteiger partial charge >= 0.3 is 0 Å². The third-order valence-corrected chi connectivity index (χ3v) is 3.32. The van der Waals surface area contributed by atoms with E-state index in [1.54, 1.807) is 0 Å². The van der Waals surface area contributed by atoms with Gasteiger partial charge in [0, 0.05) is 0 Å². The zero-order valence-corrected chi connectivity index (χ0v) is 10.8. The van der Waals surface area contributed by atoms with Crippen LogP contribution in [0.5, 0.6) is 0 Å². The average Bonchev–Trinajstić information content (AvgIpc) is 2.17. The first-order valence-corrected chi connectivity index (χ1v) is 6.37. The molecule has 0 aliphatic rings. The fraction of sp³-hybridized carbons (Fsp3) is 1.00. The van der Waals surface area contributed by atoms with E-state index in [2.05, 4.69) is 39.9 Å². The molecule has 0 radical (unpaired) electrons. The number of hydrogen-bond acceptors (Lipinski definition) is 1. The van der Waals surface area contributed by atoms with Gasteiger partial charge in [-0.3, -0.25) is 0 Å². The summed E-state index contributed by atoms with van der Waals surface area (Å²) < 4.78 is 0. The Morgan fingerprint density at radius 2 is 1.57 bits per heavy atom. The van der Waals surface area contributed by atoms with Gasteiger partial charge in [0.25, 0.3) is 0 Å². The first kappa shape index (κ1) is 14.0. The lowest BCUT2D eigenvalue weighted by Gasteiger charge is -2.29. The fourth-order valence-electron chi connectivity index (χ4n) is 2.29. The van der Waals surface area contributed by atoms with Gasteiger partial charge in [0.2, 0.25) is 0 Å². The molecule has 0 spiro atoms. The van der Waals surface area contributed by atoms with Gasteiger partial charge in [0.05, 0.1) is 0 Å². The van der Waals surface area contributed by atoms with Crippen LogP contribution < -0.4 is 5.32 Å². The Hall–Kier alpha value is -0.0400. The van der Waals surface area contributed by atoms with Crippen molar-refractivity contribution in [2.45, 2.75) is 53.9 Å². The van der Waals surface area contributed by atoms with E-state index in [0.717, 1.165) is 17.8 Å². The second kappa shape index (κ2) is 8.28. The fourth-order valence-corrected chi connectivity index (χ4v) is 2.29. The summed E-state index contributed by atoms with van der Waals surface area (Å²) in [5.41, 5.74) is 0. The van der Waals surface area contributed by atoms with E-state index in [1.165, 1.54) is 32.4 Å². The van der Waals surface area contributed by atoms with Crippen LogP contribution in [0.4, 0.5) is 0 Å². The second-order valence-electron chi connectivity index (χ2n) is 4.69. The van der Waals surface area contributed by atoms with Gasteiger partial charge in [-0.1, -0.05) is 47.5 Å². The molecule has 0 amide bonds. The van der Waals surface area contributed by atoms with Crippen LogP contribution in [0, 0.1) is 17.8 Å². The quantitative estimate of drug-likeness (QED) is 0.588. The molecule has 1 atom stereocenters. The van der Waals surface area contributed by atoms with E-state index in [-0.39, 0.29) is 0 Å². The molecule has 0 aliphatic heterocycles. The lowest BCUT2D eigenvalue weighted by atomic mass is 9.80. The molecule has 0 aromatic rings. The van der Waals surface area contributed by atoms with Gasteiger partial charge in [-0.25, -0.2) is 0 Å². The Balaban J connectivity index is 3.99. The van der Waals surface area contributed by atoms with Crippen LogP contribution in [0.3, 0.4) is 0 Å². The van der Waals surface area contributed by atoms with E-state index in [0.29, 0.717) is 0 Å². The van der Waals surface area contributed by atoms with Gasteiger partial charge in [-0.2, -0.15) is 0 Å². The number of rotatable bonds is 8. The third-order valence-electron chi connectivity index (χ3n) is 3.32. The molecule has 0 aromatic heterocycles. The predicted molar refractivity (Wildman–Crippen MR) is 65.6 cm³/mol.